The second-order valence-corrected chi connectivity index (χ2v) is 5.58. The maximum atomic E-state index is 6.12. The van der Waals surface area contributed by atoms with E-state index in [-0.39, 0.29) is 5.41 Å². The molecule has 2 nitrogen and oxygen atoms in total. The van der Waals surface area contributed by atoms with Gasteiger partial charge in [0.05, 0.1) is 5.70 Å². The van der Waals surface area contributed by atoms with Crippen molar-refractivity contribution in [3.05, 3.63) is 59.4 Å². The summed E-state index contributed by atoms with van der Waals surface area (Å²) in [5, 5.41) is 0. The Hall–Kier alpha value is -1.70. The SMILES string of the molecule is CC1(C)C(N)=C(N)C=CC1CCc1ccccc1. The summed E-state index contributed by atoms with van der Waals surface area (Å²) in [6.07, 6.45) is 6.33. The summed E-state index contributed by atoms with van der Waals surface area (Å²) in [6, 6.07) is 10.6. The number of hydrogen-bond acceptors (Lipinski definition) is 2. The van der Waals surface area contributed by atoms with Crippen molar-refractivity contribution in [1.82, 2.24) is 0 Å². The largest absolute Gasteiger partial charge is 0.400 e. The molecule has 1 unspecified atom stereocenters. The Morgan fingerprint density at radius 1 is 1.11 bits per heavy atom. The van der Waals surface area contributed by atoms with Crippen molar-refractivity contribution in [3.8, 4) is 0 Å². The lowest BCUT2D eigenvalue weighted by Crippen LogP contribution is -2.34. The molecule has 0 amide bonds. The molecule has 0 radical (unpaired) electrons. The highest BCUT2D eigenvalue weighted by Gasteiger charge is 2.33. The van der Waals surface area contributed by atoms with Gasteiger partial charge in [-0.15, -0.1) is 0 Å². The average molecular weight is 242 g/mol. The molecular formula is C16H22N2. The third-order valence-corrected chi connectivity index (χ3v) is 4.03. The van der Waals surface area contributed by atoms with Crippen molar-refractivity contribution in [2.75, 3.05) is 0 Å². The highest BCUT2D eigenvalue weighted by Crippen LogP contribution is 2.39. The summed E-state index contributed by atoms with van der Waals surface area (Å²) >= 11 is 0. The second-order valence-electron chi connectivity index (χ2n) is 5.58. The smallest absolute Gasteiger partial charge is 0.0507 e. The van der Waals surface area contributed by atoms with Gasteiger partial charge in [-0.1, -0.05) is 50.3 Å². The Morgan fingerprint density at radius 3 is 2.44 bits per heavy atom. The number of benzene rings is 1. The molecule has 1 aromatic carbocycles. The molecule has 18 heavy (non-hydrogen) atoms. The van der Waals surface area contributed by atoms with Gasteiger partial charge in [-0.05, 0) is 30.4 Å². The Labute approximate surface area is 109 Å². The van der Waals surface area contributed by atoms with Crippen LogP contribution in [0.1, 0.15) is 25.8 Å². The van der Waals surface area contributed by atoms with Gasteiger partial charge in [0.1, 0.15) is 0 Å². The molecule has 1 aliphatic rings. The van der Waals surface area contributed by atoms with Crippen molar-refractivity contribution < 1.29 is 0 Å². The Kier molecular flexibility index (Phi) is 3.46. The molecule has 0 bridgehead atoms. The lowest BCUT2D eigenvalue weighted by Gasteiger charge is -2.36. The van der Waals surface area contributed by atoms with E-state index in [2.05, 4.69) is 50.3 Å². The minimum Gasteiger partial charge on any atom is -0.400 e. The Balaban J connectivity index is 2.06. The van der Waals surface area contributed by atoms with Crippen molar-refractivity contribution in [2.24, 2.45) is 22.8 Å². The molecule has 1 atom stereocenters. The van der Waals surface area contributed by atoms with Crippen LogP contribution in [-0.2, 0) is 6.42 Å². The van der Waals surface area contributed by atoms with Crippen molar-refractivity contribution in [2.45, 2.75) is 26.7 Å². The van der Waals surface area contributed by atoms with Gasteiger partial charge in [0.25, 0.3) is 0 Å². The van der Waals surface area contributed by atoms with Gasteiger partial charge in [0.2, 0.25) is 0 Å². The third-order valence-electron chi connectivity index (χ3n) is 4.03. The predicted molar refractivity (Wildman–Crippen MR) is 76.6 cm³/mol. The van der Waals surface area contributed by atoms with Crippen molar-refractivity contribution in [1.29, 1.82) is 0 Å². The van der Waals surface area contributed by atoms with E-state index in [9.17, 15) is 0 Å². The third kappa shape index (κ3) is 2.42. The van der Waals surface area contributed by atoms with Crippen LogP contribution in [0.4, 0.5) is 0 Å². The van der Waals surface area contributed by atoms with E-state index in [0.29, 0.717) is 5.92 Å². The lowest BCUT2D eigenvalue weighted by atomic mass is 9.70. The highest BCUT2D eigenvalue weighted by molar-refractivity contribution is 5.32. The molecule has 1 aliphatic carbocycles. The molecule has 0 fully saturated rings. The first-order valence-corrected chi connectivity index (χ1v) is 6.49. The molecule has 4 N–H and O–H groups in total. The minimum atomic E-state index is -0.0480. The maximum Gasteiger partial charge on any atom is 0.0507 e. The molecule has 0 aliphatic heterocycles. The summed E-state index contributed by atoms with van der Waals surface area (Å²) in [5.74, 6) is 0.449. The molecule has 2 rings (SSSR count). The van der Waals surface area contributed by atoms with Crippen LogP contribution in [0.5, 0.6) is 0 Å². The predicted octanol–water partition coefficient (Wildman–Crippen LogP) is 2.96. The molecule has 0 saturated heterocycles. The fourth-order valence-electron chi connectivity index (χ4n) is 2.55. The van der Waals surface area contributed by atoms with Crippen LogP contribution in [0, 0.1) is 11.3 Å². The molecule has 0 spiro atoms. The van der Waals surface area contributed by atoms with Gasteiger partial charge in [0.15, 0.2) is 0 Å². The zero-order valence-electron chi connectivity index (χ0n) is 11.2. The first-order valence-electron chi connectivity index (χ1n) is 6.49. The van der Waals surface area contributed by atoms with Crippen LogP contribution in [-0.4, -0.2) is 0 Å². The minimum absolute atomic E-state index is 0.0480. The normalized spacial score (nSPS) is 22.2. The molecule has 0 heterocycles. The number of nitrogens with two attached hydrogens (primary N) is 2. The van der Waals surface area contributed by atoms with Gasteiger partial charge in [0, 0.05) is 11.1 Å². The summed E-state index contributed by atoms with van der Waals surface area (Å²) < 4.78 is 0. The van der Waals surface area contributed by atoms with Crippen molar-refractivity contribution >= 4 is 0 Å². The van der Waals surface area contributed by atoms with E-state index in [1.54, 1.807) is 0 Å². The van der Waals surface area contributed by atoms with Gasteiger partial charge in [-0.25, -0.2) is 0 Å². The van der Waals surface area contributed by atoms with Gasteiger partial charge in [-0.2, -0.15) is 0 Å². The topological polar surface area (TPSA) is 52.0 Å². The van der Waals surface area contributed by atoms with Gasteiger partial charge >= 0.3 is 0 Å². The number of allylic oxidation sites excluding steroid dienone is 3. The summed E-state index contributed by atoms with van der Waals surface area (Å²) in [7, 11) is 0. The Morgan fingerprint density at radius 2 is 1.78 bits per heavy atom. The van der Waals surface area contributed by atoms with Crippen molar-refractivity contribution in [3.63, 3.8) is 0 Å². The second kappa shape index (κ2) is 4.89. The van der Waals surface area contributed by atoms with Crippen LogP contribution in [0.25, 0.3) is 0 Å². The fourth-order valence-corrected chi connectivity index (χ4v) is 2.55. The number of hydrogen-bond donors (Lipinski definition) is 2. The Bertz CT molecular complexity index is 469. The monoisotopic (exact) mass is 242 g/mol. The number of aryl methyl sites for hydroxylation is 1. The van der Waals surface area contributed by atoms with E-state index >= 15 is 0 Å². The van der Waals surface area contributed by atoms with Gasteiger partial charge in [-0.3, -0.25) is 0 Å². The average Bonchev–Trinajstić information content (AvgIpc) is 2.37. The maximum absolute atomic E-state index is 6.12. The molecule has 1 aromatic rings. The first kappa shape index (κ1) is 12.7. The molecule has 0 saturated carbocycles. The van der Waals surface area contributed by atoms with Crippen LogP contribution in [0.3, 0.4) is 0 Å². The zero-order valence-corrected chi connectivity index (χ0v) is 11.2. The van der Waals surface area contributed by atoms with Crippen LogP contribution >= 0.6 is 0 Å². The number of rotatable bonds is 3. The van der Waals surface area contributed by atoms with E-state index in [4.69, 9.17) is 11.5 Å². The van der Waals surface area contributed by atoms with Crippen LogP contribution < -0.4 is 11.5 Å². The van der Waals surface area contributed by atoms with E-state index in [1.807, 2.05) is 6.08 Å². The first-order chi connectivity index (χ1) is 8.51. The molecular weight excluding hydrogens is 220 g/mol. The zero-order chi connectivity index (χ0) is 13.2. The summed E-state index contributed by atoms with van der Waals surface area (Å²) in [6.45, 7) is 4.35. The summed E-state index contributed by atoms with van der Waals surface area (Å²) in [5.41, 5.74) is 14.9. The summed E-state index contributed by atoms with van der Waals surface area (Å²) in [4.78, 5) is 0. The lowest BCUT2D eigenvalue weighted by molar-refractivity contribution is 0.293. The standard InChI is InChI=1S/C16H22N2/c1-16(2)13(10-11-14(17)15(16)18)9-8-12-6-4-3-5-7-12/h3-7,10-11,13H,8-9,17-18H2,1-2H3. The van der Waals surface area contributed by atoms with E-state index in [0.717, 1.165) is 24.2 Å². The van der Waals surface area contributed by atoms with E-state index < -0.39 is 0 Å². The van der Waals surface area contributed by atoms with Crippen LogP contribution in [0.15, 0.2) is 53.9 Å². The molecule has 2 heteroatoms. The molecule has 0 aromatic heterocycles. The van der Waals surface area contributed by atoms with E-state index in [1.165, 1.54) is 5.56 Å². The highest BCUT2D eigenvalue weighted by atomic mass is 14.7. The quantitative estimate of drug-likeness (QED) is 0.856. The fraction of sp³-hybridized carbons (Fsp3) is 0.375. The molecule has 96 valence electrons. The van der Waals surface area contributed by atoms with Crippen LogP contribution in [0.2, 0.25) is 0 Å². The van der Waals surface area contributed by atoms with Gasteiger partial charge < -0.3 is 11.5 Å².